The first kappa shape index (κ1) is 25.4. The Hall–Kier alpha value is -4.24. The molecule has 1 atom stereocenters. The van der Waals surface area contributed by atoms with E-state index in [4.69, 9.17) is 18.9 Å². The molecule has 9 heteroatoms. The Morgan fingerprint density at radius 2 is 1.89 bits per heavy atom. The van der Waals surface area contributed by atoms with Gasteiger partial charge in [0.25, 0.3) is 0 Å². The van der Waals surface area contributed by atoms with Crippen molar-refractivity contribution < 1.29 is 23.5 Å². The number of nitrogens with one attached hydrogen (secondary N) is 1. The van der Waals surface area contributed by atoms with Gasteiger partial charge in [-0.05, 0) is 61.2 Å². The molecule has 2 aliphatic rings. The van der Waals surface area contributed by atoms with Gasteiger partial charge in [-0.2, -0.15) is 0 Å². The quantitative estimate of drug-likeness (QED) is 0.344. The van der Waals surface area contributed by atoms with Crippen LogP contribution in [0, 0.1) is 0 Å². The molecule has 0 radical (unpaired) electrons. The number of nitrogens with zero attached hydrogens (tertiary/aromatic N) is 2. The topological polar surface area (TPSA) is 93.4 Å². The number of amidine groups is 1. The van der Waals surface area contributed by atoms with E-state index in [1.165, 1.54) is 11.8 Å². The monoisotopic (exact) mass is 529 g/mol. The SMILES string of the molecule is CCOC(=O)C1=C(C)N=C2SC=C(CC(=O)NCc3ccco3)N2[C@@H]1c1cccc(Oc2ccccc2)c1. The number of benzene rings is 2. The van der Waals surface area contributed by atoms with Gasteiger partial charge in [-0.25, -0.2) is 9.79 Å². The number of para-hydroxylation sites is 1. The van der Waals surface area contributed by atoms with Crippen LogP contribution in [0.4, 0.5) is 0 Å². The summed E-state index contributed by atoms with van der Waals surface area (Å²) < 4.78 is 16.8. The van der Waals surface area contributed by atoms with Crippen molar-refractivity contribution >= 4 is 28.8 Å². The molecule has 1 amide bonds. The number of carbonyl (C=O) groups is 2. The summed E-state index contributed by atoms with van der Waals surface area (Å²) in [7, 11) is 0. The maximum atomic E-state index is 13.2. The van der Waals surface area contributed by atoms with Crippen molar-refractivity contribution in [1.82, 2.24) is 10.2 Å². The minimum atomic E-state index is -0.542. The Balaban J connectivity index is 1.45. The molecule has 2 aliphatic heterocycles. The van der Waals surface area contributed by atoms with Crippen LogP contribution in [0.25, 0.3) is 0 Å². The van der Waals surface area contributed by atoms with E-state index in [9.17, 15) is 9.59 Å². The van der Waals surface area contributed by atoms with Crippen LogP contribution < -0.4 is 10.1 Å². The largest absolute Gasteiger partial charge is 0.467 e. The first-order valence-electron chi connectivity index (χ1n) is 12.3. The molecule has 3 aromatic rings. The third-order valence-electron chi connectivity index (χ3n) is 6.03. The molecule has 2 aromatic carbocycles. The molecule has 0 bridgehead atoms. The maximum Gasteiger partial charge on any atom is 0.338 e. The van der Waals surface area contributed by atoms with Crippen molar-refractivity contribution in [2.75, 3.05) is 6.61 Å². The fraction of sp³-hybridized carbons (Fsp3) is 0.207. The second-order valence-electron chi connectivity index (χ2n) is 8.63. The second-order valence-corrected chi connectivity index (χ2v) is 9.47. The first-order valence-corrected chi connectivity index (χ1v) is 13.1. The van der Waals surface area contributed by atoms with Gasteiger partial charge in [0.05, 0.1) is 43.1 Å². The number of hydrogen-bond donors (Lipinski definition) is 1. The zero-order valence-electron chi connectivity index (χ0n) is 21.0. The normalized spacial score (nSPS) is 16.5. The van der Waals surface area contributed by atoms with Gasteiger partial charge in [-0.1, -0.05) is 42.1 Å². The fourth-order valence-electron chi connectivity index (χ4n) is 4.35. The number of rotatable bonds is 9. The standard InChI is InChI=1S/C29H27N3O5S/c1-3-35-28(34)26-19(2)31-29-32(21(18-38-29)16-25(33)30-17-24-13-8-14-36-24)27(26)20-9-7-12-23(15-20)37-22-10-5-4-6-11-22/h4-15,18,27H,3,16-17H2,1-2H3,(H,30,33)/t27-/m1/s1. The number of thioether (sulfide) groups is 1. The molecule has 0 aliphatic carbocycles. The molecule has 38 heavy (non-hydrogen) atoms. The van der Waals surface area contributed by atoms with Gasteiger partial charge in [0, 0.05) is 5.70 Å². The summed E-state index contributed by atoms with van der Waals surface area (Å²) in [6.07, 6.45) is 1.68. The van der Waals surface area contributed by atoms with Crippen LogP contribution >= 0.6 is 11.8 Å². The average molecular weight is 530 g/mol. The van der Waals surface area contributed by atoms with Crippen molar-refractivity contribution in [3.05, 3.63) is 107 Å². The predicted molar refractivity (Wildman–Crippen MR) is 145 cm³/mol. The van der Waals surface area contributed by atoms with E-state index < -0.39 is 12.0 Å². The Morgan fingerprint density at radius 3 is 2.66 bits per heavy atom. The van der Waals surface area contributed by atoms with E-state index in [1.54, 1.807) is 25.3 Å². The second kappa shape index (κ2) is 11.4. The Labute approximate surface area is 225 Å². The zero-order chi connectivity index (χ0) is 26.5. The summed E-state index contributed by atoms with van der Waals surface area (Å²) in [5, 5.41) is 5.49. The minimum Gasteiger partial charge on any atom is -0.467 e. The average Bonchev–Trinajstić information content (AvgIpc) is 3.58. The smallest absolute Gasteiger partial charge is 0.338 e. The van der Waals surface area contributed by atoms with Crippen LogP contribution in [-0.2, 0) is 20.9 Å². The number of amides is 1. The maximum absolute atomic E-state index is 13.2. The fourth-order valence-corrected chi connectivity index (χ4v) is 5.32. The number of carbonyl (C=O) groups excluding carboxylic acids is 2. The van der Waals surface area contributed by atoms with Gasteiger partial charge in [0.2, 0.25) is 5.91 Å². The van der Waals surface area contributed by atoms with Crippen molar-refractivity contribution in [2.45, 2.75) is 32.9 Å². The zero-order valence-corrected chi connectivity index (χ0v) is 21.9. The predicted octanol–water partition coefficient (Wildman–Crippen LogP) is 5.92. The van der Waals surface area contributed by atoms with Crippen molar-refractivity contribution in [3.8, 4) is 11.5 Å². The molecule has 1 aromatic heterocycles. The Bertz CT molecular complexity index is 1410. The molecule has 194 valence electrons. The Kier molecular flexibility index (Phi) is 7.65. The van der Waals surface area contributed by atoms with Crippen molar-refractivity contribution in [3.63, 3.8) is 0 Å². The van der Waals surface area contributed by atoms with Crippen LogP contribution in [0.3, 0.4) is 0 Å². The van der Waals surface area contributed by atoms with E-state index in [2.05, 4.69) is 5.32 Å². The summed E-state index contributed by atoms with van der Waals surface area (Å²) in [5.74, 6) is 1.40. The third kappa shape index (κ3) is 5.52. The summed E-state index contributed by atoms with van der Waals surface area (Å²) in [6.45, 7) is 4.11. The van der Waals surface area contributed by atoms with Crippen LogP contribution in [0.15, 0.2) is 105 Å². The molecule has 0 saturated heterocycles. The number of fused-ring (bicyclic) bond motifs is 1. The summed E-state index contributed by atoms with van der Waals surface area (Å²) in [6, 6.07) is 20.1. The van der Waals surface area contributed by atoms with E-state index in [0.29, 0.717) is 40.2 Å². The van der Waals surface area contributed by atoms with Crippen LogP contribution in [0.1, 0.15) is 37.6 Å². The van der Waals surface area contributed by atoms with E-state index in [-0.39, 0.29) is 18.9 Å². The first-order chi connectivity index (χ1) is 18.5. The van der Waals surface area contributed by atoms with Crippen LogP contribution in [0.5, 0.6) is 11.5 Å². The third-order valence-corrected chi connectivity index (χ3v) is 6.92. The van der Waals surface area contributed by atoms with Crippen molar-refractivity contribution in [2.24, 2.45) is 4.99 Å². The summed E-state index contributed by atoms with van der Waals surface area (Å²) in [4.78, 5) is 32.7. The number of hydrogen-bond acceptors (Lipinski definition) is 8. The molecule has 8 nitrogen and oxygen atoms in total. The molecule has 0 saturated carbocycles. The Morgan fingerprint density at radius 1 is 1.08 bits per heavy atom. The molecule has 5 rings (SSSR count). The van der Waals surface area contributed by atoms with Gasteiger partial charge in [0.15, 0.2) is 5.17 Å². The van der Waals surface area contributed by atoms with Gasteiger partial charge < -0.3 is 24.1 Å². The van der Waals surface area contributed by atoms with Crippen LogP contribution in [0.2, 0.25) is 0 Å². The number of aliphatic imine (C=N–C) groups is 1. The summed E-state index contributed by atoms with van der Waals surface area (Å²) >= 11 is 1.43. The van der Waals surface area contributed by atoms with Crippen molar-refractivity contribution in [1.29, 1.82) is 0 Å². The molecule has 1 N–H and O–H groups in total. The highest BCUT2D eigenvalue weighted by atomic mass is 32.2. The van der Waals surface area contributed by atoms with Gasteiger partial charge in [-0.3, -0.25) is 4.79 Å². The molecular formula is C29H27N3O5S. The van der Waals surface area contributed by atoms with E-state index in [1.807, 2.05) is 71.8 Å². The van der Waals surface area contributed by atoms with Crippen LogP contribution in [-0.4, -0.2) is 28.6 Å². The number of furan rings is 1. The number of ether oxygens (including phenoxy) is 2. The highest BCUT2D eigenvalue weighted by Crippen LogP contribution is 2.45. The lowest BCUT2D eigenvalue weighted by atomic mass is 9.93. The molecule has 0 unspecified atom stereocenters. The highest BCUT2D eigenvalue weighted by Gasteiger charge is 2.41. The number of esters is 1. The molecule has 0 spiro atoms. The van der Waals surface area contributed by atoms with E-state index in [0.717, 1.165) is 11.3 Å². The van der Waals surface area contributed by atoms with E-state index >= 15 is 0 Å². The van der Waals surface area contributed by atoms with Gasteiger partial charge in [-0.15, -0.1) is 0 Å². The van der Waals surface area contributed by atoms with Gasteiger partial charge in [0.1, 0.15) is 17.3 Å². The number of allylic oxidation sites excluding steroid dienone is 1. The molecule has 3 heterocycles. The van der Waals surface area contributed by atoms with Gasteiger partial charge >= 0.3 is 5.97 Å². The lowest BCUT2D eigenvalue weighted by Crippen LogP contribution is -2.38. The minimum absolute atomic E-state index is 0.110. The summed E-state index contributed by atoms with van der Waals surface area (Å²) in [5.41, 5.74) is 2.56. The molecule has 0 fully saturated rings. The molecular weight excluding hydrogens is 502 g/mol. The lowest BCUT2D eigenvalue weighted by Gasteiger charge is -2.36. The lowest BCUT2D eigenvalue weighted by molar-refractivity contribution is -0.139. The highest BCUT2D eigenvalue weighted by molar-refractivity contribution is 8.16.